The van der Waals surface area contributed by atoms with E-state index in [0.717, 1.165) is 11.8 Å². The number of nitriles is 1. The van der Waals surface area contributed by atoms with Crippen molar-refractivity contribution in [3.63, 3.8) is 0 Å². The molecule has 1 N–H and O–H groups in total. The van der Waals surface area contributed by atoms with Crippen molar-refractivity contribution in [1.82, 2.24) is 0 Å². The number of thioether (sulfide) groups is 1. The molecule has 0 unspecified atom stereocenters. The predicted molar refractivity (Wildman–Crippen MR) is 73.2 cm³/mol. The largest absolute Gasteiger partial charge is 0.497 e. The van der Waals surface area contributed by atoms with Gasteiger partial charge in [0.25, 0.3) is 0 Å². The molecule has 1 aromatic carbocycles. The van der Waals surface area contributed by atoms with Crippen molar-refractivity contribution in [2.45, 2.75) is 0 Å². The van der Waals surface area contributed by atoms with Crippen molar-refractivity contribution < 1.29 is 19.4 Å². The van der Waals surface area contributed by atoms with E-state index in [1.54, 1.807) is 30.3 Å². The highest BCUT2D eigenvalue weighted by atomic mass is 32.2. The Labute approximate surface area is 119 Å². The summed E-state index contributed by atoms with van der Waals surface area (Å²) >= 11 is 1.05. The Morgan fingerprint density at radius 1 is 1.45 bits per heavy atom. The summed E-state index contributed by atoms with van der Waals surface area (Å²) in [5, 5.41) is 18.1. The highest BCUT2D eigenvalue weighted by Gasteiger charge is 2.33. The van der Waals surface area contributed by atoms with Crippen LogP contribution in [0.4, 0.5) is 5.69 Å². The summed E-state index contributed by atoms with van der Waals surface area (Å²) in [5.41, 5.74) is 0.0708. The molecule has 7 heteroatoms. The summed E-state index contributed by atoms with van der Waals surface area (Å²) in [5.74, 6) is -0.871. The molecule has 6 nitrogen and oxygen atoms in total. The molecule has 20 heavy (non-hydrogen) atoms. The summed E-state index contributed by atoms with van der Waals surface area (Å²) in [7, 11) is 1.52. The van der Waals surface area contributed by atoms with Gasteiger partial charge in [-0.05, 0) is 24.3 Å². The average molecular weight is 290 g/mol. The van der Waals surface area contributed by atoms with Crippen LogP contribution in [0.25, 0.3) is 0 Å². The molecule has 1 aliphatic heterocycles. The van der Waals surface area contributed by atoms with Crippen LogP contribution in [0.2, 0.25) is 0 Å². The first-order chi connectivity index (χ1) is 9.58. The number of methoxy groups -OCH3 is 1. The summed E-state index contributed by atoms with van der Waals surface area (Å²) in [6.45, 7) is 0. The number of rotatable bonds is 3. The van der Waals surface area contributed by atoms with Crippen molar-refractivity contribution in [1.29, 1.82) is 5.26 Å². The molecule has 102 valence electrons. The topological polar surface area (TPSA) is 90.6 Å². The van der Waals surface area contributed by atoms with Crippen LogP contribution in [0.1, 0.15) is 0 Å². The van der Waals surface area contributed by atoms with Gasteiger partial charge in [-0.15, -0.1) is 0 Å². The molecule has 0 aliphatic carbocycles. The number of amides is 1. The normalized spacial score (nSPS) is 16.8. The summed E-state index contributed by atoms with van der Waals surface area (Å²) in [6, 6.07) is 8.23. The SMILES string of the molecule is COc1ccc(N2C(=O)CSC2=C(C#N)C(=O)O)cc1. The van der Waals surface area contributed by atoms with E-state index in [2.05, 4.69) is 0 Å². The van der Waals surface area contributed by atoms with Gasteiger partial charge >= 0.3 is 5.97 Å². The maximum absolute atomic E-state index is 11.9. The van der Waals surface area contributed by atoms with Crippen LogP contribution in [-0.4, -0.2) is 29.8 Å². The molecule has 0 radical (unpaired) electrons. The quantitative estimate of drug-likeness (QED) is 0.671. The fourth-order valence-electron chi connectivity index (χ4n) is 1.74. The van der Waals surface area contributed by atoms with E-state index in [9.17, 15) is 9.59 Å². The maximum atomic E-state index is 11.9. The zero-order valence-electron chi connectivity index (χ0n) is 10.5. The number of anilines is 1. The highest BCUT2D eigenvalue weighted by Crippen LogP contribution is 2.36. The molecule has 1 fully saturated rings. The summed E-state index contributed by atoms with van der Waals surface area (Å²) in [6.07, 6.45) is 0. The second-order valence-corrected chi connectivity index (χ2v) is 4.78. The van der Waals surface area contributed by atoms with Gasteiger partial charge in [0.05, 0.1) is 12.9 Å². The van der Waals surface area contributed by atoms with Gasteiger partial charge in [-0.25, -0.2) is 4.79 Å². The van der Waals surface area contributed by atoms with Crippen molar-refractivity contribution in [3.8, 4) is 11.8 Å². The van der Waals surface area contributed by atoms with Gasteiger partial charge in [-0.1, -0.05) is 11.8 Å². The number of aliphatic carboxylic acids is 1. The van der Waals surface area contributed by atoms with Gasteiger partial charge < -0.3 is 9.84 Å². The summed E-state index contributed by atoms with van der Waals surface area (Å²) in [4.78, 5) is 24.2. The third kappa shape index (κ3) is 2.46. The van der Waals surface area contributed by atoms with Crippen LogP contribution in [0, 0.1) is 11.3 Å². The number of carboxylic acid groups (broad SMARTS) is 1. The van der Waals surface area contributed by atoms with E-state index in [4.69, 9.17) is 15.1 Å². The van der Waals surface area contributed by atoms with Crippen LogP contribution in [-0.2, 0) is 9.59 Å². The average Bonchev–Trinajstić information content (AvgIpc) is 2.81. The lowest BCUT2D eigenvalue weighted by atomic mass is 10.2. The van der Waals surface area contributed by atoms with Crippen LogP contribution in [0.3, 0.4) is 0 Å². The monoisotopic (exact) mass is 290 g/mol. The molecule has 1 aromatic rings. The predicted octanol–water partition coefficient (Wildman–Crippen LogP) is 1.59. The van der Waals surface area contributed by atoms with Gasteiger partial charge in [0.1, 0.15) is 16.8 Å². The Hall–Kier alpha value is -2.46. The third-order valence-corrected chi connectivity index (χ3v) is 3.71. The highest BCUT2D eigenvalue weighted by molar-refractivity contribution is 8.04. The van der Waals surface area contributed by atoms with Gasteiger partial charge in [0, 0.05) is 5.69 Å². The van der Waals surface area contributed by atoms with Crippen molar-refractivity contribution in [3.05, 3.63) is 34.9 Å². The van der Waals surface area contributed by atoms with E-state index in [1.807, 2.05) is 0 Å². The minimum atomic E-state index is -1.34. The molecular formula is C13H10N2O4S. The number of hydrogen-bond acceptors (Lipinski definition) is 5. The van der Waals surface area contributed by atoms with Crippen molar-refractivity contribution >= 4 is 29.3 Å². The molecule has 1 amide bonds. The molecule has 1 aliphatic rings. The third-order valence-electron chi connectivity index (χ3n) is 2.66. The van der Waals surface area contributed by atoms with Crippen molar-refractivity contribution in [2.24, 2.45) is 0 Å². The minimum absolute atomic E-state index is 0.111. The second-order valence-electron chi connectivity index (χ2n) is 3.81. The first kappa shape index (κ1) is 14.0. The van der Waals surface area contributed by atoms with E-state index in [1.165, 1.54) is 12.0 Å². The lowest BCUT2D eigenvalue weighted by molar-refractivity contribution is -0.132. The van der Waals surface area contributed by atoms with Crippen molar-refractivity contribution in [2.75, 3.05) is 17.8 Å². The zero-order valence-corrected chi connectivity index (χ0v) is 11.3. The summed E-state index contributed by atoms with van der Waals surface area (Å²) < 4.78 is 5.03. The number of ether oxygens (including phenoxy) is 1. The first-order valence-electron chi connectivity index (χ1n) is 5.56. The Kier molecular flexibility index (Phi) is 3.96. The molecule has 0 saturated carbocycles. The number of carboxylic acids is 1. The zero-order chi connectivity index (χ0) is 14.7. The Bertz CT molecular complexity index is 631. The molecule has 0 bridgehead atoms. The molecule has 2 rings (SSSR count). The van der Waals surface area contributed by atoms with Gasteiger partial charge in [-0.2, -0.15) is 5.26 Å². The molecule has 0 spiro atoms. The van der Waals surface area contributed by atoms with E-state index >= 15 is 0 Å². The van der Waals surface area contributed by atoms with Crippen LogP contribution in [0.15, 0.2) is 34.9 Å². The number of carbonyl (C=O) groups excluding carboxylic acids is 1. The standard InChI is InChI=1S/C13H10N2O4S/c1-19-9-4-2-8(3-5-9)15-11(16)7-20-12(15)10(6-14)13(17)18/h2-5H,7H2,1H3,(H,17,18). The number of hydrogen-bond donors (Lipinski definition) is 1. The molecule has 1 saturated heterocycles. The Morgan fingerprint density at radius 2 is 2.10 bits per heavy atom. The molecule has 0 atom stereocenters. The second kappa shape index (κ2) is 5.67. The number of nitrogens with zero attached hydrogens (tertiary/aromatic N) is 2. The lowest BCUT2D eigenvalue weighted by Crippen LogP contribution is -2.25. The maximum Gasteiger partial charge on any atom is 0.349 e. The Morgan fingerprint density at radius 3 is 2.60 bits per heavy atom. The van der Waals surface area contributed by atoms with Crippen LogP contribution < -0.4 is 9.64 Å². The molecule has 0 aromatic heterocycles. The fourth-order valence-corrected chi connectivity index (χ4v) is 2.74. The Balaban J connectivity index is 2.48. The van der Waals surface area contributed by atoms with Crippen LogP contribution in [0.5, 0.6) is 5.75 Å². The number of carbonyl (C=O) groups is 2. The van der Waals surface area contributed by atoms with Gasteiger partial charge in [0.2, 0.25) is 5.91 Å². The number of benzene rings is 1. The lowest BCUT2D eigenvalue weighted by Gasteiger charge is -2.17. The van der Waals surface area contributed by atoms with Crippen LogP contribution >= 0.6 is 11.8 Å². The molecular weight excluding hydrogens is 280 g/mol. The van der Waals surface area contributed by atoms with Gasteiger partial charge in [-0.3, -0.25) is 9.69 Å². The minimum Gasteiger partial charge on any atom is -0.497 e. The van der Waals surface area contributed by atoms with Gasteiger partial charge in [0.15, 0.2) is 5.57 Å². The first-order valence-corrected chi connectivity index (χ1v) is 6.54. The molecule has 1 heterocycles. The van der Waals surface area contributed by atoms with E-state index < -0.39 is 11.5 Å². The smallest absolute Gasteiger partial charge is 0.349 e. The van der Waals surface area contributed by atoms with E-state index in [-0.39, 0.29) is 16.7 Å². The fraction of sp³-hybridized carbons (Fsp3) is 0.154. The van der Waals surface area contributed by atoms with E-state index in [0.29, 0.717) is 11.4 Å².